The van der Waals surface area contributed by atoms with Crippen LogP contribution >= 0.6 is 27.3 Å². The van der Waals surface area contributed by atoms with Gasteiger partial charge in [-0.1, -0.05) is 12.1 Å². The second-order valence-corrected chi connectivity index (χ2v) is 5.73. The van der Waals surface area contributed by atoms with Crippen molar-refractivity contribution < 1.29 is 0 Å². The van der Waals surface area contributed by atoms with Crippen LogP contribution in [0.25, 0.3) is 10.9 Å². The van der Waals surface area contributed by atoms with Crippen molar-refractivity contribution >= 4 is 38.2 Å². The molecule has 0 spiro atoms. The lowest BCUT2D eigenvalue weighted by Crippen LogP contribution is -2.12. The van der Waals surface area contributed by atoms with E-state index < -0.39 is 0 Å². The zero-order chi connectivity index (χ0) is 12.5. The molecular formula is C13H9BrN2OS. The zero-order valence-corrected chi connectivity index (χ0v) is 11.7. The van der Waals surface area contributed by atoms with Crippen molar-refractivity contribution in [1.29, 1.82) is 0 Å². The normalized spacial score (nSPS) is 10.9. The molecule has 0 unspecified atom stereocenters. The summed E-state index contributed by atoms with van der Waals surface area (Å²) in [5, 5.41) is 6.95. The molecular weight excluding hydrogens is 312 g/mol. The molecule has 0 amide bonds. The van der Waals surface area contributed by atoms with E-state index in [0.29, 0.717) is 11.9 Å². The van der Waals surface area contributed by atoms with Gasteiger partial charge in [0.05, 0.1) is 18.3 Å². The maximum absolute atomic E-state index is 11.7. The maximum atomic E-state index is 11.7. The Bertz CT molecular complexity index is 763. The number of thiophene rings is 1. The standard InChI is InChI=1S/C13H9BrN2OS/c14-10-5-6-18-13(10)8-16-11-4-2-1-3-9(11)12(17)7-15-16/h1-7H,8H2. The average molecular weight is 321 g/mol. The van der Waals surface area contributed by atoms with Crippen molar-refractivity contribution in [3.8, 4) is 0 Å². The first-order valence-corrected chi connectivity index (χ1v) is 7.10. The molecule has 0 aliphatic heterocycles. The van der Waals surface area contributed by atoms with Gasteiger partial charge in [0.2, 0.25) is 5.43 Å². The van der Waals surface area contributed by atoms with Gasteiger partial charge in [-0.3, -0.25) is 9.48 Å². The Balaban J connectivity index is 2.16. The van der Waals surface area contributed by atoms with Gasteiger partial charge in [0.1, 0.15) is 0 Å². The van der Waals surface area contributed by atoms with Crippen LogP contribution in [0.4, 0.5) is 0 Å². The van der Waals surface area contributed by atoms with Crippen LogP contribution in [0.2, 0.25) is 0 Å². The molecule has 0 bridgehead atoms. The van der Waals surface area contributed by atoms with Crippen LogP contribution in [0.1, 0.15) is 4.88 Å². The van der Waals surface area contributed by atoms with E-state index in [9.17, 15) is 4.79 Å². The smallest absolute Gasteiger partial charge is 0.207 e. The zero-order valence-electron chi connectivity index (χ0n) is 9.34. The minimum Gasteiger partial charge on any atom is -0.287 e. The Morgan fingerprint density at radius 2 is 2.11 bits per heavy atom. The molecule has 0 saturated carbocycles. The predicted octanol–water partition coefficient (Wildman–Crippen LogP) is 3.27. The van der Waals surface area contributed by atoms with E-state index in [2.05, 4.69) is 21.0 Å². The molecule has 3 nitrogen and oxygen atoms in total. The Kier molecular flexibility index (Phi) is 3.01. The fourth-order valence-corrected chi connectivity index (χ4v) is 3.32. The monoisotopic (exact) mass is 320 g/mol. The summed E-state index contributed by atoms with van der Waals surface area (Å²) in [6.07, 6.45) is 1.38. The highest BCUT2D eigenvalue weighted by Gasteiger charge is 2.06. The molecule has 1 aromatic carbocycles. The molecule has 0 aliphatic carbocycles. The maximum Gasteiger partial charge on any atom is 0.207 e. The van der Waals surface area contributed by atoms with E-state index >= 15 is 0 Å². The van der Waals surface area contributed by atoms with Crippen molar-refractivity contribution in [3.05, 3.63) is 61.5 Å². The summed E-state index contributed by atoms with van der Waals surface area (Å²) in [7, 11) is 0. The molecule has 0 radical (unpaired) electrons. The number of benzene rings is 1. The first kappa shape index (κ1) is 11.6. The van der Waals surface area contributed by atoms with Crippen molar-refractivity contribution in [2.75, 3.05) is 0 Å². The predicted molar refractivity (Wildman–Crippen MR) is 77.1 cm³/mol. The Morgan fingerprint density at radius 1 is 1.28 bits per heavy atom. The van der Waals surface area contributed by atoms with Gasteiger partial charge in [-0.2, -0.15) is 5.10 Å². The first-order valence-electron chi connectivity index (χ1n) is 5.42. The minimum atomic E-state index is -0.0351. The summed E-state index contributed by atoms with van der Waals surface area (Å²) in [5.41, 5.74) is 0.831. The van der Waals surface area contributed by atoms with E-state index in [-0.39, 0.29) is 5.43 Å². The summed E-state index contributed by atoms with van der Waals surface area (Å²) in [6.45, 7) is 0.666. The van der Waals surface area contributed by atoms with Gasteiger partial charge in [-0.15, -0.1) is 11.3 Å². The van der Waals surface area contributed by atoms with Crippen LogP contribution in [-0.2, 0) is 6.54 Å². The second-order valence-electron chi connectivity index (χ2n) is 3.88. The van der Waals surface area contributed by atoms with Crippen LogP contribution in [0.3, 0.4) is 0 Å². The summed E-state index contributed by atoms with van der Waals surface area (Å²) in [4.78, 5) is 12.9. The number of hydrogen-bond donors (Lipinski definition) is 0. The lowest BCUT2D eigenvalue weighted by molar-refractivity contribution is 0.701. The van der Waals surface area contributed by atoms with E-state index in [0.717, 1.165) is 9.99 Å². The van der Waals surface area contributed by atoms with Crippen LogP contribution in [0, 0.1) is 0 Å². The van der Waals surface area contributed by atoms with Crippen molar-refractivity contribution in [2.24, 2.45) is 0 Å². The van der Waals surface area contributed by atoms with E-state index in [1.54, 1.807) is 11.3 Å². The van der Waals surface area contributed by atoms with Crippen LogP contribution in [0.15, 0.2) is 51.2 Å². The number of nitrogens with zero attached hydrogens (tertiary/aromatic N) is 2. The summed E-state index contributed by atoms with van der Waals surface area (Å²) in [5.74, 6) is 0. The SMILES string of the molecule is O=c1cnn(Cc2sccc2Br)c2ccccc12. The molecule has 0 fully saturated rings. The van der Waals surface area contributed by atoms with Gasteiger partial charge in [-0.25, -0.2) is 0 Å². The lowest BCUT2D eigenvalue weighted by Gasteiger charge is -2.08. The van der Waals surface area contributed by atoms with Gasteiger partial charge in [0, 0.05) is 14.7 Å². The first-order chi connectivity index (χ1) is 8.75. The van der Waals surface area contributed by atoms with E-state index in [4.69, 9.17) is 0 Å². The molecule has 2 heterocycles. The minimum absolute atomic E-state index is 0.0351. The van der Waals surface area contributed by atoms with Gasteiger partial charge in [-0.05, 0) is 39.5 Å². The topological polar surface area (TPSA) is 34.9 Å². The molecule has 3 aromatic rings. The third kappa shape index (κ3) is 2.00. The molecule has 0 N–H and O–H groups in total. The number of rotatable bonds is 2. The summed E-state index contributed by atoms with van der Waals surface area (Å²) < 4.78 is 2.94. The number of hydrogen-bond acceptors (Lipinski definition) is 3. The fraction of sp³-hybridized carbons (Fsp3) is 0.0769. The van der Waals surface area contributed by atoms with Crippen molar-refractivity contribution in [2.45, 2.75) is 6.54 Å². The number of aromatic nitrogens is 2. The third-order valence-corrected chi connectivity index (χ3v) is 4.66. The third-order valence-electron chi connectivity index (χ3n) is 2.75. The summed E-state index contributed by atoms with van der Waals surface area (Å²) in [6, 6.07) is 9.56. The van der Waals surface area contributed by atoms with Crippen molar-refractivity contribution in [1.82, 2.24) is 9.78 Å². The fourth-order valence-electron chi connectivity index (χ4n) is 1.86. The molecule has 2 aromatic heterocycles. The lowest BCUT2D eigenvalue weighted by atomic mass is 10.2. The van der Waals surface area contributed by atoms with Gasteiger partial charge < -0.3 is 0 Å². The largest absolute Gasteiger partial charge is 0.287 e. The second kappa shape index (κ2) is 4.66. The molecule has 3 rings (SSSR count). The average Bonchev–Trinajstić information content (AvgIpc) is 2.79. The molecule has 5 heteroatoms. The van der Waals surface area contributed by atoms with Crippen LogP contribution in [-0.4, -0.2) is 9.78 Å². The van der Waals surface area contributed by atoms with E-state index in [1.165, 1.54) is 11.1 Å². The quantitative estimate of drug-likeness (QED) is 0.726. The molecule has 90 valence electrons. The summed E-state index contributed by atoms with van der Waals surface area (Å²) >= 11 is 5.18. The van der Waals surface area contributed by atoms with Crippen molar-refractivity contribution in [3.63, 3.8) is 0 Å². The Morgan fingerprint density at radius 3 is 2.89 bits per heavy atom. The van der Waals surface area contributed by atoms with E-state index in [1.807, 2.05) is 40.4 Å². The molecule has 0 atom stereocenters. The Labute approximate surface area is 116 Å². The molecule has 0 saturated heterocycles. The molecule has 0 aliphatic rings. The number of fused-ring (bicyclic) bond motifs is 1. The number of para-hydroxylation sites is 1. The van der Waals surface area contributed by atoms with Gasteiger partial charge in [0.15, 0.2) is 0 Å². The highest BCUT2D eigenvalue weighted by atomic mass is 79.9. The highest BCUT2D eigenvalue weighted by Crippen LogP contribution is 2.24. The van der Waals surface area contributed by atoms with Gasteiger partial charge >= 0.3 is 0 Å². The molecule has 18 heavy (non-hydrogen) atoms. The Hall–Kier alpha value is -1.46. The number of halogens is 1. The van der Waals surface area contributed by atoms with Crippen LogP contribution < -0.4 is 5.43 Å². The van der Waals surface area contributed by atoms with Crippen LogP contribution in [0.5, 0.6) is 0 Å². The highest BCUT2D eigenvalue weighted by molar-refractivity contribution is 9.10. The van der Waals surface area contributed by atoms with Gasteiger partial charge in [0.25, 0.3) is 0 Å².